The smallest absolute Gasteiger partial charge is 0.125 e. The highest BCUT2D eigenvalue weighted by Crippen LogP contribution is 2.20. The molecule has 1 heterocycles. The largest absolute Gasteiger partial charge is 0.394 e. The number of nitrogens with zero attached hydrogens (tertiary/aromatic N) is 1. The number of anilines is 1. The van der Waals surface area contributed by atoms with Crippen LogP contribution in [-0.4, -0.2) is 36.9 Å². The number of hydrogen-bond acceptors (Lipinski definition) is 3. The molecule has 1 aromatic rings. The van der Waals surface area contributed by atoms with Crippen LogP contribution in [0, 0.1) is 5.82 Å². The van der Waals surface area contributed by atoms with Crippen LogP contribution in [0.3, 0.4) is 0 Å². The fraction of sp³-hybridized carbons (Fsp3) is 0.500. The highest BCUT2D eigenvalue weighted by atomic mass is 19.1. The summed E-state index contributed by atoms with van der Waals surface area (Å²) in [5.74, 6) is -0.236. The molecule has 0 bridgehead atoms. The van der Waals surface area contributed by atoms with E-state index in [1.807, 2.05) is 6.07 Å². The van der Waals surface area contributed by atoms with Gasteiger partial charge in [-0.1, -0.05) is 6.07 Å². The quantitative estimate of drug-likeness (QED) is 0.786. The first-order valence-electron chi connectivity index (χ1n) is 5.57. The van der Waals surface area contributed by atoms with Crippen LogP contribution in [0.4, 0.5) is 10.1 Å². The molecular formula is C12H17FN2O. The van der Waals surface area contributed by atoms with E-state index in [1.54, 1.807) is 6.07 Å². The molecule has 2 N–H and O–H groups in total. The Morgan fingerprint density at radius 1 is 1.56 bits per heavy atom. The van der Waals surface area contributed by atoms with Gasteiger partial charge in [0.25, 0.3) is 0 Å². The summed E-state index contributed by atoms with van der Waals surface area (Å²) >= 11 is 0. The van der Waals surface area contributed by atoms with Gasteiger partial charge >= 0.3 is 0 Å². The minimum absolute atomic E-state index is 0.0259. The Labute approximate surface area is 94.9 Å². The summed E-state index contributed by atoms with van der Waals surface area (Å²) in [6.07, 6.45) is 0. The lowest BCUT2D eigenvalue weighted by Crippen LogP contribution is -2.57. The molecule has 0 amide bonds. The van der Waals surface area contributed by atoms with E-state index in [2.05, 4.69) is 17.1 Å². The minimum Gasteiger partial charge on any atom is -0.394 e. The molecule has 0 radical (unpaired) electrons. The molecule has 1 saturated heterocycles. The van der Waals surface area contributed by atoms with Crippen LogP contribution in [0.25, 0.3) is 0 Å². The van der Waals surface area contributed by atoms with Crippen LogP contribution < -0.4 is 10.2 Å². The second kappa shape index (κ2) is 4.80. The van der Waals surface area contributed by atoms with Gasteiger partial charge in [0, 0.05) is 24.8 Å². The van der Waals surface area contributed by atoms with Crippen molar-refractivity contribution < 1.29 is 9.50 Å². The molecule has 2 unspecified atom stereocenters. The van der Waals surface area contributed by atoms with Gasteiger partial charge in [-0.3, -0.25) is 0 Å². The number of aliphatic hydroxyl groups is 1. The van der Waals surface area contributed by atoms with Crippen molar-refractivity contribution in [2.24, 2.45) is 0 Å². The van der Waals surface area contributed by atoms with Crippen LogP contribution >= 0.6 is 0 Å². The van der Waals surface area contributed by atoms with Gasteiger partial charge in [-0.15, -0.1) is 0 Å². The second-order valence-corrected chi connectivity index (χ2v) is 4.28. The summed E-state index contributed by atoms with van der Waals surface area (Å²) < 4.78 is 13.1. The van der Waals surface area contributed by atoms with Crippen molar-refractivity contribution in [1.29, 1.82) is 0 Å². The van der Waals surface area contributed by atoms with E-state index in [0.29, 0.717) is 6.04 Å². The van der Waals surface area contributed by atoms with Crippen molar-refractivity contribution in [2.75, 3.05) is 24.6 Å². The molecule has 1 aromatic carbocycles. The summed E-state index contributed by atoms with van der Waals surface area (Å²) in [6, 6.07) is 6.91. The van der Waals surface area contributed by atoms with Gasteiger partial charge < -0.3 is 15.3 Å². The number of aliphatic hydroxyl groups excluding tert-OH is 1. The molecular weight excluding hydrogens is 207 g/mol. The zero-order valence-electron chi connectivity index (χ0n) is 9.36. The van der Waals surface area contributed by atoms with Gasteiger partial charge in [0.2, 0.25) is 0 Å². The lowest BCUT2D eigenvalue weighted by molar-refractivity contribution is 0.237. The van der Waals surface area contributed by atoms with E-state index in [1.165, 1.54) is 12.1 Å². The first kappa shape index (κ1) is 11.4. The normalized spacial score (nSPS) is 25.8. The van der Waals surface area contributed by atoms with Crippen molar-refractivity contribution >= 4 is 5.69 Å². The van der Waals surface area contributed by atoms with Crippen LogP contribution in [0.2, 0.25) is 0 Å². The Morgan fingerprint density at radius 2 is 2.38 bits per heavy atom. The highest BCUT2D eigenvalue weighted by Gasteiger charge is 2.25. The Morgan fingerprint density at radius 3 is 3.06 bits per heavy atom. The van der Waals surface area contributed by atoms with Gasteiger partial charge in [0.05, 0.1) is 12.6 Å². The summed E-state index contributed by atoms with van der Waals surface area (Å²) in [4.78, 5) is 2.06. The van der Waals surface area contributed by atoms with E-state index in [9.17, 15) is 9.50 Å². The topological polar surface area (TPSA) is 35.5 Å². The number of nitrogens with one attached hydrogen (secondary N) is 1. The SMILES string of the molecule is CC1CN(c2cccc(F)c2)C(CO)CN1. The first-order valence-corrected chi connectivity index (χ1v) is 5.57. The number of hydrogen-bond donors (Lipinski definition) is 2. The molecule has 0 saturated carbocycles. The molecule has 88 valence electrons. The van der Waals surface area contributed by atoms with E-state index in [4.69, 9.17) is 0 Å². The van der Waals surface area contributed by atoms with Crippen LogP contribution in [0.5, 0.6) is 0 Å². The predicted octanol–water partition coefficient (Wildman–Crippen LogP) is 0.985. The first-order chi connectivity index (χ1) is 7.70. The van der Waals surface area contributed by atoms with Crippen molar-refractivity contribution in [1.82, 2.24) is 5.32 Å². The average molecular weight is 224 g/mol. The summed E-state index contributed by atoms with van der Waals surface area (Å²) in [5.41, 5.74) is 0.840. The molecule has 1 fully saturated rings. The van der Waals surface area contributed by atoms with Gasteiger partial charge in [0.1, 0.15) is 5.82 Å². The molecule has 0 spiro atoms. The van der Waals surface area contributed by atoms with Crippen molar-refractivity contribution in [3.8, 4) is 0 Å². The third-order valence-corrected chi connectivity index (χ3v) is 2.96. The minimum atomic E-state index is -0.236. The monoisotopic (exact) mass is 224 g/mol. The Hall–Kier alpha value is -1.13. The highest BCUT2D eigenvalue weighted by molar-refractivity contribution is 5.48. The maximum atomic E-state index is 13.1. The van der Waals surface area contributed by atoms with Crippen LogP contribution in [-0.2, 0) is 0 Å². The summed E-state index contributed by atoms with van der Waals surface area (Å²) in [6.45, 7) is 3.68. The molecule has 2 rings (SSSR count). The van der Waals surface area contributed by atoms with Crippen LogP contribution in [0.1, 0.15) is 6.92 Å². The molecule has 1 aliphatic heterocycles. The number of piperazine rings is 1. The lowest BCUT2D eigenvalue weighted by atomic mass is 10.1. The van der Waals surface area contributed by atoms with E-state index >= 15 is 0 Å². The van der Waals surface area contributed by atoms with Crippen molar-refractivity contribution in [3.05, 3.63) is 30.1 Å². The number of benzene rings is 1. The maximum Gasteiger partial charge on any atom is 0.125 e. The standard InChI is InChI=1S/C12H17FN2O/c1-9-7-15(12(8-16)6-14-9)11-4-2-3-10(13)5-11/h2-5,9,12,14,16H,6-8H2,1H3. The maximum absolute atomic E-state index is 13.1. The van der Waals surface area contributed by atoms with Gasteiger partial charge in [-0.2, -0.15) is 0 Å². The fourth-order valence-electron chi connectivity index (χ4n) is 2.09. The zero-order chi connectivity index (χ0) is 11.5. The molecule has 2 atom stereocenters. The predicted molar refractivity (Wildman–Crippen MR) is 62.1 cm³/mol. The van der Waals surface area contributed by atoms with Crippen molar-refractivity contribution in [2.45, 2.75) is 19.0 Å². The van der Waals surface area contributed by atoms with E-state index in [0.717, 1.165) is 18.8 Å². The molecule has 0 aromatic heterocycles. The second-order valence-electron chi connectivity index (χ2n) is 4.28. The van der Waals surface area contributed by atoms with Crippen molar-refractivity contribution in [3.63, 3.8) is 0 Å². The van der Waals surface area contributed by atoms with E-state index in [-0.39, 0.29) is 18.5 Å². The summed E-state index contributed by atoms with van der Waals surface area (Å²) in [5, 5.41) is 12.6. The zero-order valence-corrected chi connectivity index (χ0v) is 9.36. The number of halogens is 1. The van der Waals surface area contributed by atoms with Gasteiger partial charge in [0.15, 0.2) is 0 Å². The summed E-state index contributed by atoms with van der Waals surface area (Å²) in [7, 11) is 0. The fourth-order valence-corrected chi connectivity index (χ4v) is 2.09. The van der Waals surface area contributed by atoms with Gasteiger partial charge in [-0.25, -0.2) is 4.39 Å². The molecule has 0 aliphatic carbocycles. The van der Waals surface area contributed by atoms with E-state index < -0.39 is 0 Å². The number of rotatable bonds is 2. The van der Waals surface area contributed by atoms with Gasteiger partial charge in [-0.05, 0) is 25.1 Å². The third kappa shape index (κ3) is 2.33. The Balaban J connectivity index is 2.22. The molecule has 3 nitrogen and oxygen atoms in total. The molecule has 4 heteroatoms. The average Bonchev–Trinajstić information content (AvgIpc) is 2.29. The molecule has 1 aliphatic rings. The third-order valence-electron chi connectivity index (χ3n) is 2.96. The molecule has 16 heavy (non-hydrogen) atoms. The lowest BCUT2D eigenvalue weighted by Gasteiger charge is -2.40. The Bertz CT molecular complexity index is 359. The Kier molecular flexibility index (Phi) is 3.41. The van der Waals surface area contributed by atoms with Crippen LogP contribution in [0.15, 0.2) is 24.3 Å².